The molecular formula is C18H12F2S. The van der Waals surface area contributed by atoms with Gasteiger partial charge in [-0.15, -0.1) is 0 Å². The Morgan fingerprint density at radius 1 is 0.619 bits per heavy atom. The van der Waals surface area contributed by atoms with Crippen LogP contribution in [0.4, 0.5) is 8.78 Å². The van der Waals surface area contributed by atoms with E-state index in [-0.39, 0.29) is 11.6 Å². The van der Waals surface area contributed by atoms with Crippen LogP contribution >= 0.6 is 10.9 Å². The molecule has 21 heavy (non-hydrogen) atoms. The Morgan fingerprint density at radius 2 is 1.14 bits per heavy atom. The van der Waals surface area contributed by atoms with E-state index in [2.05, 4.69) is 12.1 Å². The van der Waals surface area contributed by atoms with E-state index in [0.29, 0.717) is 0 Å². The zero-order valence-corrected chi connectivity index (χ0v) is 11.9. The summed E-state index contributed by atoms with van der Waals surface area (Å²) in [5, 5.41) is 0. The summed E-state index contributed by atoms with van der Waals surface area (Å²) in [6.45, 7) is 0. The van der Waals surface area contributed by atoms with Gasteiger partial charge in [0.2, 0.25) is 0 Å². The van der Waals surface area contributed by atoms with E-state index in [0.717, 1.165) is 20.9 Å². The SMILES string of the molecule is Fc1ccc2c(c1)-c1cc(F)ccc1[SH]2c1ccccc1. The fourth-order valence-corrected chi connectivity index (χ4v) is 5.41. The van der Waals surface area contributed by atoms with Gasteiger partial charge in [0, 0.05) is 9.79 Å². The van der Waals surface area contributed by atoms with Gasteiger partial charge in [-0.2, -0.15) is 10.9 Å². The second-order valence-electron chi connectivity index (χ2n) is 4.99. The molecule has 0 aromatic heterocycles. The van der Waals surface area contributed by atoms with E-state index in [1.165, 1.54) is 29.2 Å². The minimum Gasteiger partial charge on any atom is -0.207 e. The molecule has 0 bridgehead atoms. The number of hydrogen-bond acceptors (Lipinski definition) is 0. The monoisotopic (exact) mass is 298 g/mol. The molecule has 0 fully saturated rings. The molecule has 1 heterocycles. The van der Waals surface area contributed by atoms with Crippen LogP contribution in [0.25, 0.3) is 11.1 Å². The van der Waals surface area contributed by atoms with Crippen LogP contribution in [0.5, 0.6) is 0 Å². The molecule has 0 spiro atoms. The molecular weight excluding hydrogens is 286 g/mol. The second kappa shape index (κ2) is 4.71. The predicted octanol–water partition coefficient (Wildman–Crippen LogP) is 5.42. The van der Waals surface area contributed by atoms with Crippen molar-refractivity contribution in [3.8, 4) is 11.1 Å². The van der Waals surface area contributed by atoms with E-state index < -0.39 is 10.9 Å². The molecule has 0 saturated carbocycles. The molecule has 0 aliphatic carbocycles. The zero-order chi connectivity index (χ0) is 14.4. The van der Waals surface area contributed by atoms with Crippen molar-refractivity contribution in [2.45, 2.75) is 14.7 Å². The van der Waals surface area contributed by atoms with Crippen molar-refractivity contribution in [2.24, 2.45) is 0 Å². The van der Waals surface area contributed by atoms with E-state index in [1.807, 2.05) is 30.3 Å². The van der Waals surface area contributed by atoms with Gasteiger partial charge in [0.1, 0.15) is 11.6 Å². The number of rotatable bonds is 1. The lowest BCUT2D eigenvalue weighted by Gasteiger charge is -2.18. The summed E-state index contributed by atoms with van der Waals surface area (Å²) in [5.74, 6) is -0.567. The molecule has 3 aromatic rings. The van der Waals surface area contributed by atoms with Gasteiger partial charge >= 0.3 is 0 Å². The molecule has 1 aliphatic rings. The first kappa shape index (κ1) is 12.6. The molecule has 104 valence electrons. The van der Waals surface area contributed by atoms with Crippen LogP contribution in [0.3, 0.4) is 0 Å². The van der Waals surface area contributed by atoms with Crippen LogP contribution in [0, 0.1) is 11.6 Å². The summed E-state index contributed by atoms with van der Waals surface area (Å²) >= 11 is 0. The predicted molar refractivity (Wildman–Crippen MR) is 82.0 cm³/mol. The molecule has 0 unspecified atom stereocenters. The summed E-state index contributed by atoms with van der Waals surface area (Å²) < 4.78 is 27.2. The van der Waals surface area contributed by atoms with Crippen LogP contribution in [-0.2, 0) is 0 Å². The van der Waals surface area contributed by atoms with Crippen LogP contribution in [-0.4, -0.2) is 0 Å². The lowest BCUT2D eigenvalue weighted by molar-refractivity contribution is 0.624. The molecule has 0 atom stereocenters. The Kier molecular flexibility index (Phi) is 2.82. The van der Waals surface area contributed by atoms with Crippen LogP contribution in [0.2, 0.25) is 0 Å². The van der Waals surface area contributed by atoms with Crippen molar-refractivity contribution in [1.82, 2.24) is 0 Å². The fourth-order valence-electron chi connectivity index (χ4n) is 2.82. The highest BCUT2D eigenvalue weighted by Gasteiger charge is 2.27. The Hall–Kier alpha value is -2.13. The summed E-state index contributed by atoms with van der Waals surface area (Å²) in [6, 6.07) is 19.8. The third-order valence-corrected chi connectivity index (χ3v) is 6.26. The topological polar surface area (TPSA) is 0 Å². The minimum absolute atomic E-state index is 0.283. The van der Waals surface area contributed by atoms with E-state index in [4.69, 9.17) is 0 Å². The number of thiol groups is 1. The lowest BCUT2D eigenvalue weighted by atomic mass is 10.1. The molecule has 0 N–H and O–H groups in total. The van der Waals surface area contributed by atoms with Crippen molar-refractivity contribution >= 4 is 10.9 Å². The van der Waals surface area contributed by atoms with Gasteiger partial charge in [-0.3, -0.25) is 0 Å². The standard InChI is InChI=1S/C18H12F2S/c19-12-6-8-17-15(10-12)16-11-13(20)7-9-18(16)21(17)14-4-2-1-3-5-14/h1-11,21H. The normalized spacial score (nSPS) is 13.9. The van der Waals surface area contributed by atoms with Gasteiger partial charge in [-0.05, 0) is 64.6 Å². The quantitative estimate of drug-likeness (QED) is 0.445. The third kappa shape index (κ3) is 1.96. The molecule has 0 nitrogen and oxygen atoms in total. The highest BCUT2D eigenvalue weighted by atomic mass is 32.2. The zero-order valence-electron chi connectivity index (χ0n) is 11.1. The van der Waals surface area contributed by atoms with Crippen LogP contribution < -0.4 is 0 Å². The number of benzene rings is 3. The molecule has 3 heteroatoms. The third-order valence-electron chi connectivity index (χ3n) is 3.70. The van der Waals surface area contributed by atoms with Gasteiger partial charge in [-0.1, -0.05) is 18.2 Å². The van der Waals surface area contributed by atoms with Crippen LogP contribution in [0.15, 0.2) is 81.4 Å². The Labute approximate surface area is 124 Å². The Balaban J connectivity index is 2.02. The average molecular weight is 298 g/mol. The smallest absolute Gasteiger partial charge is 0.123 e. The Morgan fingerprint density at radius 3 is 1.67 bits per heavy atom. The summed E-state index contributed by atoms with van der Waals surface area (Å²) in [4.78, 5) is 3.39. The van der Waals surface area contributed by atoms with Crippen molar-refractivity contribution in [2.75, 3.05) is 0 Å². The summed E-state index contributed by atoms with van der Waals surface area (Å²) in [7, 11) is -0.730. The van der Waals surface area contributed by atoms with Gasteiger partial charge in [-0.25, -0.2) is 8.78 Å². The van der Waals surface area contributed by atoms with E-state index in [9.17, 15) is 8.78 Å². The van der Waals surface area contributed by atoms with Crippen molar-refractivity contribution in [1.29, 1.82) is 0 Å². The largest absolute Gasteiger partial charge is 0.207 e. The van der Waals surface area contributed by atoms with Gasteiger partial charge in [0.15, 0.2) is 0 Å². The van der Waals surface area contributed by atoms with Crippen molar-refractivity contribution in [3.63, 3.8) is 0 Å². The first-order valence-corrected chi connectivity index (χ1v) is 8.03. The summed E-state index contributed by atoms with van der Waals surface area (Å²) in [5.41, 5.74) is 1.64. The first-order chi connectivity index (χ1) is 10.2. The molecule has 0 radical (unpaired) electrons. The highest BCUT2D eigenvalue weighted by molar-refractivity contribution is 8.17. The molecule has 3 aromatic carbocycles. The van der Waals surface area contributed by atoms with E-state index in [1.54, 1.807) is 0 Å². The van der Waals surface area contributed by atoms with E-state index >= 15 is 0 Å². The Bertz CT molecular complexity index is 776. The van der Waals surface area contributed by atoms with Gasteiger partial charge < -0.3 is 0 Å². The minimum atomic E-state index is -0.730. The highest BCUT2D eigenvalue weighted by Crippen LogP contribution is 2.62. The molecule has 4 rings (SSSR count). The molecule has 0 amide bonds. The van der Waals surface area contributed by atoms with Crippen molar-refractivity contribution < 1.29 is 8.78 Å². The van der Waals surface area contributed by atoms with Gasteiger partial charge in [0.25, 0.3) is 0 Å². The van der Waals surface area contributed by atoms with Crippen molar-refractivity contribution in [3.05, 3.63) is 78.4 Å². The summed E-state index contributed by atoms with van der Waals surface area (Å²) in [6.07, 6.45) is 0. The number of hydrogen-bond donors (Lipinski definition) is 1. The van der Waals surface area contributed by atoms with Gasteiger partial charge in [0.05, 0.1) is 0 Å². The number of fused-ring (bicyclic) bond motifs is 3. The average Bonchev–Trinajstić information content (AvgIpc) is 2.81. The maximum atomic E-state index is 13.6. The number of halogens is 2. The fraction of sp³-hybridized carbons (Fsp3) is 0. The molecule has 0 saturated heterocycles. The lowest BCUT2D eigenvalue weighted by Crippen LogP contribution is -1.83. The van der Waals surface area contributed by atoms with Crippen LogP contribution in [0.1, 0.15) is 0 Å². The maximum absolute atomic E-state index is 13.6. The maximum Gasteiger partial charge on any atom is 0.123 e. The molecule has 1 aliphatic heterocycles. The first-order valence-electron chi connectivity index (χ1n) is 6.69. The second-order valence-corrected chi connectivity index (χ2v) is 7.14.